The Morgan fingerprint density at radius 2 is 2.22 bits per heavy atom. The van der Waals surface area contributed by atoms with Gasteiger partial charge in [-0.3, -0.25) is 4.79 Å². The summed E-state index contributed by atoms with van der Waals surface area (Å²) in [5, 5.41) is 3.43. The molecule has 5 nitrogen and oxygen atoms in total. The number of fused-ring (bicyclic) bond motifs is 1. The Balaban J connectivity index is 1.82. The fourth-order valence-corrected chi connectivity index (χ4v) is 3.35. The molecule has 96 valence electrons. The van der Waals surface area contributed by atoms with E-state index in [2.05, 4.69) is 22.2 Å². The predicted octanol–water partition coefficient (Wildman–Crippen LogP) is 0.547. The number of carbonyl (C=O) groups is 1. The smallest absolute Gasteiger partial charge is 0.257 e. The number of amides is 1. The Bertz CT molecular complexity index is 436. The zero-order valence-corrected chi connectivity index (χ0v) is 10.5. The fourth-order valence-electron chi connectivity index (χ4n) is 3.35. The Hall–Kier alpha value is -1.49. The van der Waals surface area contributed by atoms with Crippen LogP contribution >= 0.6 is 0 Å². The van der Waals surface area contributed by atoms with Gasteiger partial charge in [-0.2, -0.15) is 0 Å². The van der Waals surface area contributed by atoms with Crippen LogP contribution in [0.1, 0.15) is 23.7 Å². The molecule has 2 aliphatic rings. The molecule has 0 radical (unpaired) electrons. The van der Waals surface area contributed by atoms with Crippen LogP contribution in [0.15, 0.2) is 18.7 Å². The third-order valence-electron chi connectivity index (χ3n) is 4.20. The van der Waals surface area contributed by atoms with E-state index in [4.69, 9.17) is 0 Å². The Labute approximate surface area is 107 Å². The maximum absolute atomic E-state index is 12.5. The molecule has 2 fully saturated rings. The average molecular weight is 246 g/mol. The summed E-state index contributed by atoms with van der Waals surface area (Å²) in [6.07, 6.45) is 5.68. The topological polar surface area (TPSA) is 58.1 Å². The Kier molecular flexibility index (Phi) is 2.99. The molecule has 0 bridgehead atoms. The highest BCUT2D eigenvalue weighted by atomic mass is 16.2. The maximum Gasteiger partial charge on any atom is 0.257 e. The highest BCUT2D eigenvalue weighted by Crippen LogP contribution is 2.34. The lowest BCUT2D eigenvalue weighted by Crippen LogP contribution is -2.39. The summed E-state index contributed by atoms with van der Waals surface area (Å²) < 4.78 is 0. The van der Waals surface area contributed by atoms with Gasteiger partial charge in [0.15, 0.2) is 0 Å². The fraction of sp³-hybridized carbons (Fsp3) is 0.615. The minimum atomic E-state index is 0.0804. The molecule has 0 aliphatic carbocycles. The molecule has 18 heavy (non-hydrogen) atoms. The van der Waals surface area contributed by atoms with E-state index in [-0.39, 0.29) is 5.91 Å². The van der Waals surface area contributed by atoms with E-state index >= 15 is 0 Å². The van der Waals surface area contributed by atoms with Crippen molar-refractivity contribution in [2.45, 2.75) is 19.4 Å². The molecule has 2 aliphatic heterocycles. The Morgan fingerprint density at radius 1 is 1.44 bits per heavy atom. The van der Waals surface area contributed by atoms with Crippen LogP contribution in [-0.2, 0) is 0 Å². The van der Waals surface area contributed by atoms with Crippen LogP contribution in [0, 0.1) is 11.8 Å². The third-order valence-corrected chi connectivity index (χ3v) is 4.20. The molecule has 1 amide bonds. The average Bonchev–Trinajstić information content (AvgIpc) is 2.98. The van der Waals surface area contributed by atoms with Crippen molar-refractivity contribution < 1.29 is 4.79 Å². The van der Waals surface area contributed by atoms with Crippen LogP contribution in [0.4, 0.5) is 0 Å². The molecule has 0 saturated carbocycles. The number of hydrogen-bond acceptors (Lipinski definition) is 4. The maximum atomic E-state index is 12.5. The van der Waals surface area contributed by atoms with E-state index in [1.165, 1.54) is 6.33 Å². The van der Waals surface area contributed by atoms with Crippen molar-refractivity contribution in [3.8, 4) is 0 Å². The lowest BCUT2D eigenvalue weighted by Gasteiger charge is -2.26. The number of hydrogen-bond donors (Lipinski definition) is 1. The molecule has 0 aromatic carbocycles. The summed E-state index contributed by atoms with van der Waals surface area (Å²) >= 11 is 0. The first kappa shape index (κ1) is 11.6. The number of rotatable bonds is 2. The molecular formula is C13H18N4O. The van der Waals surface area contributed by atoms with Gasteiger partial charge in [-0.25, -0.2) is 9.97 Å². The minimum Gasteiger partial charge on any atom is -0.335 e. The summed E-state index contributed by atoms with van der Waals surface area (Å²) in [4.78, 5) is 22.4. The van der Waals surface area contributed by atoms with Crippen molar-refractivity contribution in [3.05, 3.63) is 24.3 Å². The SMILES string of the molecule is CCC1C2CNCC2CN1C(=O)c1cncnc1. The van der Waals surface area contributed by atoms with Crippen molar-refractivity contribution in [1.82, 2.24) is 20.2 Å². The molecule has 1 aromatic rings. The van der Waals surface area contributed by atoms with Crippen LogP contribution in [-0.4, -0.2) is 46.5 Å². The van der Waals surface area contributed by atoms with Crippen LogP contribution < -0.4 is 5.32 Å². The normalized spacial score (nSPS) is 30.5. The van der Waals surface area contributed by atoms with Gasteiger partial charge in [0.25, 0.3) is 5.91 Å². The van der Waals surface area contributed by atoms with Gasteiger partial charge in [-0.15, -0.1) is 0 Å². The van der Waals surface area contributed by atoms with E-state index in [0.29, 0.717) is 23.4 Å². The van der Waals surface area contributed by atoms with Crippen LogP contribution in [0.5, 0.6) is 0 Å². The highest BCUT2D eigenvalue weighted by molar-refractivity contribution is 5.94. The van der Waals surface area contributed by atoms with E-state index in [9.17, 15) is 4.79 Å². The first-order chi connectivity index (χ1) is 8.81. The second-order valence-electron chi connectivity index (χ2n) is 5.14. The van der Waals surface area contributed by atoms with Gasteiger partial charge < -0.3 is 10.2 Å². The zero-order valence-electron chi connectivity index (χ0n) is 10.5. The summed E-state index contributed by atoms with van der Waals surface area (Å²) in [6, 6.07) is 0.359. The van der Waals surface area contributed by atoms with Crippen molar-refractivity contribution in [1.29, 1.82) is 0 Å². The third kappa shape index (κ3) is 1.79. The molecular weight excluding hydrogens is 228 g/mol. The van der Waals surface area contributed by atoms with Gasteiger partial charge in [0, 0.05) is 38.1 Å². The molecule has 0 spiro atoms. The Morgan fingerprint density at radius 3 is 2.94 bits per heavy atom. The van der Waals surface area contributed by atoms with E-state index in [1.807, 2.05) is 4.90 Å². The number of nitrogens with one attached hydrogen (secondary N) is 1. The lowest BCUT2D eigenvalue weighted by molar-refractivity contribution is 0.0710. The summed E-state index contributed by atoms with van der Waals surface area (Å²) in [7, 11) is 0. The van der Waals surface area contributed by atoms with Gasteiger partial charge in [-0.05, 0) is 18.3 Å². The van der Waals surface area contributed by atoms with Crippen LogP contribution in [0.3, 0.4) is 0 Å². The summed E-state index contributed by atoms with van der Waals surface area (Å²) in [5.74, 6) is 1.31. The van der Waals surface area contributed by atoms with E-state index < -0.39 is 0 Å². The van der Waals surface area contributed by atoms with Gasteiger partial charge in [-0.1, -0.05) is 6.92 Å². The first-order valence-electron chi connectivity index (χ1n) is 6.58. The highest BCUT2D eigenvalue weighted by Gasteiger charge is 2.45. The molecule has 3 unspecified atom stereocenters. The second-order valence-corrected chi connectivity index (χ2v) is 5.14. The number of nitrogens with zero attached hydrogens (tertiary/aromatic N) is 3. The number of aromatic nitrogens is 2. The van der Waals surface area contributed by atoms with Crippen molar-refractivity contribution in [2.75, 3.05) is 19.6 Å². The molecule has 5 heteroatoms. The van der Waals surface area contributed by atoms with Gasteiger partial charge in [0.05, 0.1) is 5.56 Å². The summed E-state index contributed by atoms with van der Waals surface area (Å²) in [6.45, 7) is 5.10. The zero-order chi connectivity index (χ0) is 12.5. The second kappa shape index (κ2) is 4.65. The molecule has 3 atom stereocenters. The van der Waals surface area contributed by atoms with E-state index in [0.717, 1.165) is 26.1 Å². The van der Waals surface area contributed by atoms with Gasteiger partial charge in [0.2, 0.25) is 0 Å². The van der Waals surface area contributed by atoms with Crippen LogP contribution in [0.2, 0.25) is 0 Å². The lowest BCUT2D eigenvalue weighted by atomic mass is 9.93. The molecule has 3 heterocycles. The monoisotopic (exact) mass is 246 g/mol. The summed E-state index contributed by atoms with van der Waals surface area (Å²) in [5.41, 5.74) is 0.601. The van der Waals surface area contributed by atoms with E-state index in [1.54, 1.807) is 12.4 Å². The predicted molar refractivity (Wildman–Crippen MR) is 67.0 cm³/mol. The van der Waals surface area contributed by atoms with Gasteiger partial charge in [0.1, 0.15) is 6.33 Å². The number of carbonyl (C=O) groups excluding carboxylic acids is 1. The van der Waals surface area contributed by atoms with Gasteiger partial charge >= 0.3 is 0 Å². The largest absolute Gasteiger partial charge is 0.335 e. The number of likely N-dealkylation sites (tertiary alicyclic amines) is 1. The quantitative estimate of drug-likeness (QED) is 0.828. The standard InChI is InChI=1S/C13H18N4O/c1-2-12-11-6-14-5-10(11)7-17(12)13(18)9-3-15-8-16-4-9/h3-4,8,10-12,14H,2,5-7H2,1H3. The van der Waals surface area contributed by atoms with Crippen molar-refractivity contribution >= 4 is 5.91 Å². The molecule has 1 aromatic heterocycles. The van der Waals surface area contributed by atoms with Crippen LogP contribution in [0.25, 0.3) is 0 Å². The minimum absolute atomic E-state index is 0.0804. The first-order valence-corrected chi connectivity index (χ1v) is 6.58. The molecule has 3 rings (SSSR count). The van der Waals surface area contributed by atoms with Crippen molar-refractivity contribution in [3.63, 3.8) is 0 Å². The molecule has 2 saturated heterocycles. The van der Waals surface area contributed by atoms with Crippen molar-refractivity contribution in [2.24, 2.45) is 11.8 Å². The molecule has 1 N–H and O–H groups in total.